The van der Waals surface area contributed by atoms with Crippen LogP contribution in [0.25, 0.3) is 0 Å². The zero-order valence-electron chi connectivity index (χ0n) is 11.7. The summed E-state index contributed by atoms with van der Waals surface area (Å²) >= 11 is 0. The molecular weight excluding hydrogens is 240 g/mol. The van der Waals surface area contributed by atoms with Crippen LogP contribution >= 0.6 is 0 Å². The molecule has 0 bridgehead atoms. The Bertz CT molecular complexity index is 322. The van der Waals surface area contributed by atoms with Crippen molar-refractivity contribution in [2.45, 2.75) is 69.5 Å². The lowest BCUT2D eigenvalue weighted by molar-refractivity contribution is -0.303. The Morgan fingerprint density at radius 2 is 1.00 bits per heavy atom. The highest BCUT2D eigenvalue weighted by atomic mass is 16.4. The molecule has 0 fully saturated rings. The fraction of sp³-hybridized carbons (Fsp3) is 0.917. The molecule has 5 N–H and O–H groups in total. The monoisotopic (exact) mass is 264 g/mol. The first-order chi connectivity index (χ1) is 7.56. The lowest BCUT2D eigenvalue weighted by Crippen LogP contribution is -2.76. The van der Waals surface area contributed by atoms with Gasteiger partial charge >= 0.3 is 0 Å². The zero-order chi connectivity index (χ0) is 15.2. The first-order valence-electron chi connectivity index (χ1n) is 5.64. The maximum atomic E-state index is 10.8. The highest BCUT2D eigenvalue weighted by Crippen LogP contribution is 2.43. The molecule has 0 unspecified atom stereocenters. The summed E-state index contributed by atoms with van der Waals surface area (Å²) in [6, 6.07) is 0. The number of aldehydes is 1. The molecule has 0 rings (SSSR count). The Balaban J connectivity index is 5.87. The van der Waals surface area contributed by atoms with E-state index in [1.165, 1.54) is 13.8 Å². The second-order valence-corrected chi connectivity index (χ2v) is 6.04. The molecule has 0 aliphatic heterocycles. The second kappa shape index (κ2) is 4.25. The van der Waals surface area contributed by atoms with Crippen molar-refractivity contribution in [1.82, 2.24) is 0 Å². The minimum atomic E-state index is -2.38. The zero-order valence-corrected chi connectivity index (χ0v) is 11.7. The molecule has 18 heavy (non-hydrogen) atoms. The molecular formula is C12H24O6. The van der Waals surface area contributed by atoms with E-state index in [0.29, 0.717) is 0 Å². The Hall–Kier alpha value is -0.530. The molecule has 0 heterocycles. The average molecular weight is 264 g/mol. The minimum absolute atomic E-state index is 0.0714. The van der Waals surface area contributed by atoms with Gasteiger partial charge in [0.2, 0.25) is 0 Å². The van der Waals surface area contributed by atoms with E-state index in [-0.39, 0.29) is 6.29 Å². The normalized spacial score (nSPS) is 26.4. The first kappa shape index (κ1) is 17.5. The largest absolute Gasteiger partial charge is 0.387 e. The van der Waals surface area contributed by atoms with Crippen LogP contribution in [0.2, 0.25) is 0 Å². The van der Waals surface area contributed by atoms with E-state index in [0.717, 1.165) is 27.7 Å². The highest BCUT2D eigenvalue weighted by molar-refractivity contribution is 5.64. The van der Waals surface area contributed by atoms with Crippen LogP contribution < -0.4 is 0 Å². The van der Waals surface area contributed by atoms with E-state index in [2.05, 4.69) is 0 Å². The summed E-state index contributed by atoms with van der Waals surface area (Å²) in [5.74, 6) is 0. The second-order valence-electron chi connectivity index (χ2n) is 6.04. The molecule has 0 aliphatic rings. The van der Waals surface area contributed by atoms with Crippen molar-refractivity contribution in [2.75, 3.05) is 0 Å². The average Bonchev–Trinajstić information content (AvgIpc) is 2.15. The van der Waals surface area contributed by atoms with Crippen molar-refractivity contribution in [3.63, 3.8) is 0 Å². The Kier molecular flexibility index (Phi) is 4.12. The van der Waals surface area contributed by atoms with Crippen LogP contribution in [-0.2, 0) is 4.79 Å². The van der Waals surface area contributed by atoms with E-state index >= 15 is 0 Å². The van der Waals surface area contributed by atoms with Crippen molar-refractivity contribution in [2.24, 2.45) is 0 Å². The SMILES string of the molecule is CC(C)(O)[C@@](C)(O)[C@@](C)(O)[C@](C)(O)[C@@](C)(O)C=O. The lowest BCUT2D eigenvalue weighted by atomic mass is 9.62. The third kappa shape index (κ3) is 2.19. The molecule has 0 aromatic rings. The Labute approximate surface area is 107 Å². The summed E-state index contributed by atoms with van der Waals surface area (Å²) in [7, 11) is 0. The predicted octanol–water partition coefficient (Wildman–Crippen LogP) is -1.04. The van der Waals surface area contributed by atoms with Crippen molar-refractivity contribution < 1.29 is 30.3 Å². The molecule has 0 aliphatic carbocycles. The van der Waals surface area contributed by atoms with Gasteiger partial charge in [0.15, 0.2) is 6.29 Å². The number of aliphatic hydroxyl groups is 5. The van der Waals surface area contributed by atoms with Gasteiger partial charge in [-0.15, -0.1) is 0 Å². The smallest absolute Gasteiger partial charge is 0.154 e. The van der Waals surface area contributed by atoms with Crippen LogP contribution in [0.15, 0.2) is 0 Å². The van der Waals surface area contributed by atoms with Crippen LogP contribution in [0.1, 0.15) is 41.5 Å². The molecule has 0 aromatic carbocycles. The van der Waals surface area contributed by atoms with Crippen molar-refractivity contribution in [3.8, 4) is 0 Å². The standard InChI is InChI=1S/C12H24O6/c1-8(2,14)10(4,16)12(6,18)11(5,17)9(3,15)7-13/h7,14-18H,1-6H3/t9-,10+,11+,12+/m0/s1. The lowest BCUT2D eigenvalue weighted by Gasteiger charge is -2.55. The van der Waals surface area contributed by atoms with Crippen LogP contribution in [0.3, 0.4) is 0 Å². The van der Waals surface area contributed by atoms with Crippen LogP contribution in [0.4, 0.5) is 0 Å². The summed E-state index contributed by atoms with van der Waals surface area (Å²) in [6.07, 6.45) is 0.0714. The number of hydrogen-bond acceptors (Lipinski definition) is 6. The van der Waals surface area contributed by atoms with Crippen LogP contribution in [-0.4, -0.2) is 59.8 Å². The molecule has 108 valence electrons. The highest BCUT2D eigenvalue weighted by Gasteiger charge is 2.65. The van der Waals surface area contributed by atoms with E-state index in [1.807, 2.05) is 0 Å². The molecule has 4 atom stereocenters. The van der Waals surface area contributed by atoms with Crippen LogP contribution in [0.5, 0.6) is 0 Å². The summed E-state index contributed by atoms with van der Waals surface area (Å²) in [5, 5.41) is 50.7. The Morgan fingerprint density at radius 1 is 0.667 bits per heavy atom. The summed E-state index contributed by atoms with van der Waals surface area (Å²) in [6.45, 7) is 6.67. The van der Waals surface area contributed by atoms with Gasteiger partial charge in [0.1, 0.15) is 22.4 Å². The van der Waals surface area contributed by atoms with Gasteiger partial charge in [-0.1, -0.05) is 0 Å². The molecule has 0 spiro atoms. The summed E-state index contributed by atoms with van der Waals surface area (Å²) < 4.78 is 0. The van der Waals surface area contributed by atoms with Gasteiger partial charge in [-0.2, -0.15) is 0 Å². The fourth-order valence-electron chi connectivity index (χ4n) is 1.68. The van der Waals surface area contributed by atoms with Gasteiger partial charge in [0.25, 0.3) is 0 Å². The molecule has 0 saturated carbocycles. The minimum Gasteiger partial charge on any atom is -0.387 e. The Morgan fingerprint density at radius 3 is 1.22 bits per heavy atom. The van der Waals surface area contributed by atoms with Crippen LogP contribution in [0, 0.1) is 0 Å². The molecule has 0 radical (unpaired) electrons. The quantitative estimate of drug-likeness (QED) is 0.405. The summed E-state index contributed by atoms with van der Waals surface area (Å²) in [4.78, 5) is 10.8. The fourth-order valence-corrected chi connectivity index (χ4v) is 1.68. The van der Waals surface area contributed by atoms with Crippen molar-refractivity contribution >= 4 is 6.29 Å². The molecule has 0 amide bonds. The number of carbonyl (C=O) groups is 1. The molecule has 0 aromatic heterocycles. The third-order valence-electron chi connectivity index (χ3n) is 4.30. The maximum absolute atomic E-state index is 10.8. The van der Waals surface area contributed by atoms with E-state index in [9.17, 15) is 30.3 Å². The van der Waals surface area contributed by atoms with Gasteiger partial charge in [-0.3, -0.25) is 0 Å². The topological polar surface area (TPSA) is 118 Å². The van der Waals surface area contributed by atoms with Gasteiger partial charge in [0, 0.05) is 0 Å². The van der Waals surface area contributed by atoms with Crippen molar-refractivity contribution in [1.29, 1.82) is 0 Å². The van der Waals surface area contributed by atoms with Crippen molar-refractivity contribution in [3.05, 3.63) is 0 Å². The van der Waals surface area contributed by atoms with Gasteiger partial charge in [-0.05, 0) is 41.5 Å². The number of hydrogen-bond donors (Lipinski definition) is 5. The van der Waals surface area contributed by atoms with E-state index < -0.39 is 28.0 Å². The van der Waals surface area contributed by atoms with Gasteiger partial charge < -0.3 is 30.3 Å². The van der Waals surface area contributed by atoms with E-state index in [4.69, 9.17) is 0 Å². The maximum Gasteiger partial charge on any atom is 0.154 e. The molecule has 6 heteroatoms. The molecule has 0 saturated heterocycles. The van der Waals surface area contributed by atoms with E-state index in [1.54, 1.807) is 0 Å². The van der Waals surface area contributed by atoms with Gasteiger partial charge in [0.05, 0.1) is 5.60 Å². The molecule has 6 nitrogen and oxygen atoms in total. The number of carbonyl (C=O) groups excluding carboxylic acids is 1. The third-order valence-corrected chi connectivity index (χ3v) is 4.30. The summed E-state index contributed by atoms with van der Waals surface area (Å²) in [5.41, 5.74) is -11.0. The predicted molar refractivity (Wildman–Crippen MR) is 64.9 cm³/mol. The number of rotatable bonds is 5. The van der Waals surface area contributed by atoms with Gasteiger partial charge in [-0.25, -0.2) is 0 Å². The first-order valence-corrected chi connectivity index (χ1v) is 5.64.